The largest absolute Gasteiger partial charge is 0.147 e. The highest BCUT2D eigenvalue weighted by Crippen LogP contribution is 2.52. The zero-order valence-corrected chi connectivity index (χ0v) is 17.6. The third-order valence-corrected chi connectivity index (χ3v) is 6.22. The molecule has 0 nitrogen and oxygen atoms in total. The zero-order chi connectivity index (χ0) is 18.5. The molecule has 0 saturated heterocycles. The van der Waals surface area contributed by atoms with Crippen LogP contribution in [0.3, 0.4) is 0 Å². The summed E-state index contributed by atoms with van der Waals surface area (Å²) in [6, 6.07) is 43.3. The fourth-order valence-corrected chi connectivity index (χ4v) is 4.71. The molecule has 0 heterocycles. The van der Waals surface area contributed by atoms with Crippen LogP contribution >= 0.6 is 21.6 Å². The van der Waals surface area contributed by atoms with Gasteiger partial charge in [-0.1, -0.05) is 121 Å². The summed E-state index contributed by atoms with van der Waals surface area (Å²) < 4.78 is 0. The Hall–Kier alpha value is -2.40. The Kier molecular flexibility index (Phi) is 6.68. The Morgan fingerprint density at radius 2 is 0.750 bits per heavy atom. The third kappa shape index (κ3) is 3.90. The first-order valence-electron chi connectivity index (χ1n) is 9.30. The fraction of sp³-hybridized carbons (Fsp3) is 0.0769. The van der Waals surface area contributed by atoms with E-state index in [1.165, 1.54) is 22.3 Å². The molecule has 0 saturated carbocycles. The summed E-state index contributed by atoms with van der Waals surface area (Å²) in [5.41, 5.74) is 5.20. The van der Waals surface area contributed by atoms with Gasteiger partial charge in [-0.05, 0) is 22.3 Å². The summed E-state index contributed by atoms with van der Waals surface area (Å²) in [5, 5.41) is -0.273. The molecule has 0 aliphatic rings. The minimum atomic E-state index is -0.273. The van der Waals surface area contributed by atoms with Crippen LogP contribution in [-0.4, -0.2) is 0 Å². The van der Waals surface area contributed by atoms with E-state index < -0.39 is 0 Å². The zero-order valence-electron chi connectivity index (χ0n) is 15.6. The molecule has 0 bridgehead atoms. The highest BCUT2D eigenvalue weighted by molar-refractivity contribution is 7.19. The Balaban J connectivity index is 0.00000225. The average molecular weight is 403 g/mol. The van der Waals surface area contributed by atoms with E-state index in [-0.39, 0.29) is 23.5 Å². The first kappa shape index (κ1) is 20.3. The van der Waals surface area contributed by atoms with Gasteiger partial charge >= 0.3 is 0 Å². The van der Waals surface area contributed by atoms with Crippen molar-refractivity contribution in [3.8, 4) is 0 Å². The molecular weight excluding hydrogens is 379 g/mol. The van der Waals surface area contributed by atoms with Gasteiger partial charge in [0.25, 0.3) is 0 Å². The van der Waals surface area contributed by atoms with E-state index >= 15 is 0 Å². The second-order valence-corrected chi connectivity index (χ2v) is 7.77. The highest BCUT2D eigenvalue weighted by Gasteiger charge is 2.39. The average Bonchev–Trinajstić information content (AvgIpc) is 2.76. The molecule has 1 atom stereocenters. The minimum Gasteiger partial charge on any atom is -0.147 e. The predicted molar refractivity (Wildman–Crippen MR) is 125 cm³/mol. The van der Waals surface area contributed by atoms with Crippen molar-refractivity contribution in [1.29, 1.82) is 0 Å². The van der Waals surface area contributed by atoms with Crippen LogP contribution in [0.1, 0.15) is 28.2 Å². The molecular formula is C26H24ClP. The molecule has 4 aromatic rings. The fourth-order valence-electron chi connectivity index (χ4n) is 3.94. The lowest BCUT2D eigenvalue weighted by Gasteiger charge is -2.39. The monoisotopic (exact) mass is 402 g/mol. The van der Waals surface area contributed by atoms with Crippen molar-refractivity contribution >= 4 is 21.6 Å². The van der Waals surface area contributed by atoms with Gasteiger partial charge in [0.15, 0.2) is 0 Å². The second kappa shape index (κ2) is 9.20. The molecule has 0 aliphatic carbocycles. The van der Waals surface area contributed by atoms with E-state index in [9.17, 15) is 0 Å². The number of hydrogen-bond donors (Lipinski definition) is 0. The summed E-state index contributed by atoms with van der Waals surface area (Å²) in [6.07, 6.45) is 0. The van der Waals surface area contributed by atoms with E-state index in [0.717, 1.165) is 0 Å². The molecule has 4 rings (SSSR count). The SMILES string of the molecule is Cl.PC(c1ccccc1)(c1ccccc1)C(c1ccccc1)c1ccccc1. The lowest BCUT2D eigenvalue weighted by molar-refractivity contribution is 0.636. The van der Waals surface area contributed by atoms with Gasteiger partial charge in [-0.25, -0.2) is 0 Å². The number of hydrogen-bond acceptors (Lipinski definition) is 0. The van der Waals surface area contributed by atoms with Crippen LogP contribution in [0.5, 0.6) is 0 Å². The number of benzene rings is 4. The first-order chi connectivity index (χ1) is 13.3. The van der Waals surface area contributed by atoms with Crippen molar-refractivity contribution in [1.82, 2.24) is 0 Å². The van der Waals surface area contributed by atoms with Crippen LogP contribution in [0.25, 0.3) is 0 Å². The number of rotatable bonds is 5. The molecule has 140 valence electrons. The topological polar surface area (TPSA) is 0 Å². The van der Waals surface area contributed by atoms with Crippen molar-refractivity contribution in [2.24, 2.45) is 0 Å². The molecule has 0 fully saturated rings. The van der Waals surface area contributed by atoms with Crippen LogP contribution in [0.15, 0.2) is 121 Å². The molecule has 0 spiro atoms. The van der Waals surface area contributed by atoms with Crippen LogP contribution in [0, 0.1) is 0 Å². The molecule has 0 amide bonds. The summed E-state index contributed by atoms with van der Waals surface area (Å²) in [5.74, 6) is 0.176. The van der Waals surface area contributed by atoms with Gasteiger partial charge in [0, 0.05) is 11.1 Å². The van der Waals surface area contributed by atoms with Gasteiger partial charge in [0.05, 0.1) is 0 Å². The molecule has 2 heteroatoms. The van der Waals surface area contributed by atoms with Gasteiger partial charge in [-0.2, -0.15) is 0 Å². The molecule has 1 unspecified atom stereocenters. The molecule has 4 aromatic carbocycles. The summed E-state index contributed by atoms with van der Waals surface area (Å²) >= 11 is 0. The second-order valence-electron chi connectivity index (χ2n) is 6.86. The Bertz CT molecular complexity index is 891. The quantitative estimate of drug-likeness (QED) is 0.313. The van der Waals surface area contributed by atoms with Crippen LogP contribution in [0.2, 0.25) is 0 Å². The highest BCUT2D eigenvalue weighted by atomic mass is 35.5. The van der Waals surface area contributed by atoms with Crippen LogP contribution in [0.4, 0.5) is 0 Å². The number of halogens is 1. The summed E-state index contributed by atoms with van der Waals surface area (Å²) in [4.78, 5) is 0. The normalized spacial score (nSPS) is 11.1. The molecule has 0 aliphatic heterocycles. The van der Waals surface area contributed by atoms with Crippen molar-refractivity contribution in [3.05, 3.63) is 144 Å². The molecule has 0 radical (unpaired) electrons. The van der Waals surface area contributed by atoms with Crippen LogP contribution in [-0.2, 0) is 5.16 Å². The molecule has 0 aromatic heterocycles. The van der Waals surface area contributed by atoms with Crippen molar-refractivity contribution in [2.45, 2.75) is 11.1 Å². The molecule has 28 heavy (non-hydrogen) atoms. The van der Waals surface area contributed by atoms with Crippen molar-refractivity contribution < 1.29 is 0 Å². The Labute approximate surface area is 176 Å². The summed E-state index contributed by atoms with van der Waals surface area (Å²) in [7, 11) is 3.21. The van der Waals surface area contributed by atoms with Crippen LogP contribution < -0.4 is 0 Å². The lowest BCUT2D eigenvalue weighted by atomic mass is 9.73. The van der Waals surface area contributed by atoms with Gasteiger partial charge in [0.2, 0.25) is 0 Å². The van der Waals surface area contributed by atoms with Crippen molar-refractivity contribution in [2.75, 3.05) is 0 Å². The Morgan fingerprint density at radius 1 is 0.464 bits per heavy atom. The van der Waals surface area contributed by atoms with E-state index in [4.69, 9.17) is 0 Å². The van der Waals surface area contributed by atoms with Gasteiger partial charge in [-0.15, -0.1) is 21.6 Å². The maximum absolute atomic E-state index is 3.21. The van der Waals surface area contributed by atoms with Gasteiger partial charge in [-0.3, -0.25) is 0 Å². The lowest BCUT2D eigenvalue weighted by Crippen LogP contribution is -2.29. The van der Waals surface area contributed by atoms with Crippen molar-refractivity contribution in [3.63, 3.8) is 0 Å². The van der Waals surface area contributed by atoms with E-state index in [1.807, 2.05) is 0 Å². The maximum atomic E-state index is 3.21. The third-order valence-electron chi connectivity index (χ3n) is 5.22. The summed E-state index contributed by atoms with van der Waals surface area (Å²) in [6.45, 7) is 0. The standard InChI is InChI=1S/C26H23P.ClH/c27-26(23-17-9-3-10-18-23,24-19-11-4-12-20-24)25(21-13-5-1-6-14-21)22-15-7-2-8-16-22;/h1-20,25H,27H2;1H. The smallest absolute Gasteiger partial charge is 0.0452 e. The minimum absolute atomic E-state index is 0. The Morgan fingerprint density at radius 3 is 1.07 bits per heavy atom. The maximum Gasteiger partial charge on any atom is 0.0452 e. The molecule has 0 N–H and O–H groups in total. The van der Waals surface area contributed by atoms with E-state index in [0.29, 0.717) is 0 Å². The predicted octanol–water partition coefficient (Wildman–Crippen LogP) is 7.06. The van der Waals surface area contributed by atoms with Gasteiger partial charge in [0.1, 0.15) is 0 Å². The first-order valence-corrected chi connectivity index (χ1v) is 9.87. The van der Waals surface area contributed by atoms with Gasteiger partial charge < -0.3 is 0 Å². The van der Waals surface area contributed by atoms with E-state index in [2.05, 4.69) is 131 Å². The van der Waals surface area contributed by atoms with E-state index in [1.54, 1.807) is 0 Å².